The average Bonchev–Trinajstić information content (AvgIpc) is 2.27. The number of amides is 1. The first-order valence-electron chi connectivity index (χ1n) is 5.70. The van der Waals surface area contributed by atoms with E-state index in [1.165, 1.54) is 0 Å². The lowest BCUT2D eigenvalue weighted by Crippen LogP contribution is -2.36. The van der Waals surface area contributed by atoms with Crippen LogP contribution in [0.3, 0.4) is 0 Å². The van der Waals surface area contributed by atoms with E-state index in [0.29, 0.717) is 13.2 Å². The van der Waals surface area contributed by atoms with E-state index in [9.17, 15) is 4.79 Å². The van der Waals surface area contributed by atoms with Crippen molar-refractivity contribution in [1.29, 1.82) is 0 Å². The van der Waals surface area contributed by atoms with Crippen LogP contribution < -0.4 is 10.6 Å². The summed E-state index contributed by atoms with van der Waals surface area (Å²) in [6.07, 6.45) is 0. The van der Waals surface area contributed by atoms with E-state index in [4.69, 9.17) is 4.74 Å². The van der Waals surface area contributed by atoms with Crippen LogP contribution >= 0.6 is 0 Å². The van der Waals surface area contributed by atoms with Gasteiger partial charge in [0, 0.05) is 18.8 Å². The molecule has 0 radical (unpaired) electrons. The Labute approximate surface area is 102 Å². The first kappa shape index (κ1) is 13.7. The minimum atomic E-state index is -0.0430. The Morgan fingerprint density at radius 2 is 2.24 bits per heavy atom. The highest BCUT2D eigenvalue weighted by Crippen LogP contribution is 2.08. The third kappa shape index (κ3) is 5.47. The highest BCUT2D eigenvalue weighted by atomic mass is 16.5. The lowest BCUT2D eigenvalue weighted by atomic mass is 10.2. The minimum absolute atomic E-state index is 0.0430. The van der Waals surface area contributed by atoms with Crippen LogP contribution in [0.5, 0.6) is 0 Å². The van der Waals surface area contributed by atoms with Crippen molar-refractivity contribution in [1.82, 2.24) is 5.32 Å². The molecule has 4 heteroatoms. The fraction of sp³-hybridized carbons (Fsp3) is 0.462. The van der Waals surface area contributed by atoms with Gasteiger partial charge >= 0.3 is 0 Å². The predicted molar refractivity (Wildman–Crippen MR) is 69.1 cm³/mol. The molecule has 0 saturated heterocycles. The highest BCUT2D eigenvalue weighted by Gasteiger charge is 2.05. The zero-order valence-electron chi connectivity index (χ0n) is 10.6. The number of hydrogen-bond acceptors (Lipinski definition) is 3. The number of methoxy groups -OCH3 is 1. The third-order valence-corrected chi connectivity index (χ3v) is 2.33. The Balaban J connectivity index is 2.34. The number of hydrogen-bond donors (Lipinski definition) is 2. The lowest BCUT2D eigenvalue weighted by molar-refractivity contribution is -0.115. The molecular formula is C13H20N2O2. The van der Waals surface area contributed by atoms with Crippen molar-refractivity contribution >= 4 is 11.6 Å². The largest absolute Gasteiger partial charge is 0.383 e. The number of nitrogens with one attached hydrogen (secondary N) is 2. The van der Waals surface area contributed by atoms with E-state index in [0.717, 1.165) is 11.3 Å². The van der Waals surface area contributed by atoms with Crippen LogP contribution in [0.4, 0.5) is 5.69 Å². The number of anilines is 1. The van der Waals surface area contributed by atoms with Crippen molar-refractivity contribution in [3.63, 3.8) is 0 Å². The first-order chi connectivity index (χ1) is 8.11. The standard InChI is InChI=1S/C13H20N2O2/c1-10-5-4-6-12(7-10)15-13(16)8-14-11(2)9-17-3/h4-7,11,14H,8-9H2,1-3H3,(H,15,16). The lowest BCUT2D eigenvalue weighted by Gasteiger charge is -2.12. The minimum Gasteiger partial charge on any atom is -0.383 e. The molecule has 94 valence electrons. The Morgan fingerprint density at radius 3 is 2.88 bits per heavy atom. The second-order valence-electron chi connectivity index (χ2n) is 4.15. The van der Waals surface area contributed by atoms with Crippen molar-refractivity contribution in [2.45, 2.75) is 19.9 Å². The molecule has 0 aliphatic heterocycles. The Kier molecular flexibility index (Phi) is 5.66. The molecule has 0 heterocycles. The Bertz CT molecular complexity index is 366. The number of carbonyl (C=O) groups excluding carboxylic acids is 1. The van der Waals surface area contributed by atoms with Crippen LogP contribution in [-0.2, 0) is 9.53 Å². The first-order valence-corrected chi connectivity index (χ1v) is 5.70. The summed E-state index contributed by atoms with van der Waals surface area (Å²) >= 11 is 0. The SMILES string of the molecule is COCC(C)NCC(=O)Nc1cccc(C)c1. The van der Waals surface area contributed by atoms with Crippen LogP contribution in [-0.4, -0.2) is 32.2 Å². The summed E-state index contributed by atoms with van der Waals surface area (Å²) in [6, 6.07) is 7.91. The molecule has 17 heavy (non-hydrogen) atoms. The highest BCUT2D eigenvalue weighted by molar-refractivity contribution is 5.92. The summed E-state index contributed by atoms with van der Waals surface area (Å²) in [4.78, 5) is 11.6. The van der Waals surface area contributed by atoms with Crippen LogP contribution in [0.25, 0.3) is 0 Å². The van der Waals surface area contributed by atoms with Gasteiger partial charge in [0.25, 0.3) is 0 Å². The fourth-order valence-electron chi connectivity index (χ4n) is 1.50. The van der Waals surface area contributed by atoms with Gasteiger partial charge in [0.15, 0.2) is 0 Å². The van der Waals surface area contributed by atoms with Crippen LogP contribution in [0.1, 0.15) is 12.5 Å². The Morgan fingerprint density at radius 1 is 1.47 bits per heavy atom. The van der Waals surface area contributed by atoms with Gasteiger partial charge in [-0.25, -0.2) is 0 Å². The van der Waals surface area contributed by atoms with Gasteiger partial charge in [0.1, 0.15) is 0 Å². The summed E-state index contributed by atoms with van der Waals surface area (Å²) in [5.74, 6) is -0.0430. The monoisotopic (exact) mass is 236 g/mol. The van der Waals surface area contributed by atoms with Crippen molar-refractivity contribution in [3.8, 4) is 0 Å². The molecule has 0 saturated carbocycles. The van der Waals surface area contributed by atoms with Crippen molar-refractivity contribution in [2.24, 2.45) is 0 Å². The van der Waals surface area contributed by atoms with E-state index in [2.05, 4.69) is 10.6 Å². The molecule has 1 amide bonds. The zero-order chi connectivity index (χ0) is 12.7. The van der Waals surface area contributed by atoms with Gasteiger partial charge in [0.05, 0.1) is 13.2 Å². The fourth-order valence-corrected chi connectivity index (χ4v) is 1.50. The van der Waals surface area contributed by atoms with E-state index in [-0.39, 0.29) is 11.9 Å². The Hall–Kier alpha value is -1.39. The maximum Gasteiger partial charge on any atom is 0.238 e. The van der Waals surface area contributed by atoms with Crippen molar-refractivity contribution in [3.05, 3.63) is 29.8 Å². The topological polar surface area (TPSA) is 50.4 Å². The van der Waals surface area contributed by atoms with E-state index in [1.54, 1.807) is 7.11 Å². The molecular weight excluding hydrogens is 216 g/mol. The normalized spacial score (nSPS) is 12.2. The van der Waals surface area contributed by atoms with Gasteiger partial charge in [-0.05, 0) is 31.5 Å². The predicted octanol–water partition coefficient (Wildman–Crippen LogP) is 1.56. The van der Waals surface area contributed by atoms with Gasteiger partial charge in [-0.2, -0.15) is 0 Å². The summed E-state index contributed by atoms with van der Waals surface area (Å²) in [6.45, 7) is 4.86. The number of rotatable bonds is 6. The molecule has 0 fully saturated rings. The zero-order valence-corrected chi connectivity index (χ0v) is 10.6. The van der Waals surface area contributed by atoms with E-state index >= 15 is 0 Å². The third-order valence-electron chi connectivity index (χ3n) is 2.33. The molecule has 2 N–H and O–H groups in total. The summed E-state index contributed by atoms with van der Waals surface area (Å²) < 4.78 is 4.98. The van der Waals surface area contributed by atoms with Crippen LogP contribution in [0.15, 0.2) is 24.3 Å². The molecule has 0 aliphatic carbocycles. The number of aryl methyl sites for hydroxylation is 1. The number of carbonyl (C=O) groups is 1. The molecule has 1 aromatic carbocycles. The van der Waals surface area contributed by atoms with Gasteiger partial charge in [-0.1, -0.05) is 12.1 Å². The number of ether oxygens (including phenoxy) is 1. The molecule has 1 rings (SSSR count). The van der Waals surface area contributed by atoms with Crippen LogP contribution in [0.2, 0.25) is 0 Å². The van der Waals surface area contributed by atoms with Gasteiger partial charge in [-0.15, -0.1) is 0 Å². The average molecular weight is 236 g/mol. The molecule has 0 aliphatic rings. The number of benzene rings is 1. The molecule has 1 aromatic rings. The molecule has 1 atom stereocenters. The molecule has 0 spiro atoms. The van der Waals surface area contributed by atoms with E-state index < -0.39 is 0 Å². The summed E-state index contributed by atoms with van der Waals surface area (Å²) in [5, 5.41) is 5.92. The molecule has 0 aromatic heterocycles. The van der Waals surface area contributed by atoms with Gasteiger partial charge in [-0.3, -0.25) is 4.79 Å². The summed E-state index contributed by atoms with van der Waals surface area (Å²) in [7, 11) is 1.64. The van der Waals surface area contributed by atoms with Gasteiger partial charge in [0.2, 0.25) is 5.91 Å². The smallest absolute Gasteiger partial charge is 0.238 e. The second kappa shape index (κ2) is 7.04. The summed E-state index contributed by atoms with van der Waals surface area (Å²) in [5.41, 5.74) is 1.96. The molecule has 4 nitrogen and oxygen atoms in total. The maximum absolute atomic E-state index is 11.6. The second-order valence-corrected chi connectivity index (χ2v) is 4.15. The van der Waals surface area contributed by atoms with Crippen LogP contribution in [0, 0.1) is 6.92 Å². The van der Waals surface area contributed by atoms with Crippen molar-refractivity contribution < 1.29 is 9.53 Å². The quantitative estimate of drug-likeness (QED) is 0.788. The molecule has 1 unspecified atom stereocenters. The van der Waals surface area contributed by atoms with Gasteiger partial charge < -0.3 is 15.4 Å². The van der Waals surface area contributed by atoms with E-state index in [1.807, 2.05) is 38.1 Å². The maximum atomic E-state index is 11.6. The van der Waals surface area contributed by atoms with Crippen molar-refractivity contribution in [2.75, 3.05) is 25.6 Å². The molecule has 0 bridgehead atoms.